The molecule has 5 rings (SSSR count). The van der Waals surface area contributed by atoms with Gasteiger partial charge in [0.15, 0.2) is 17.3 Å². The number of fused-ring (bicyclic) bond motifs is 7. The monoisotopic (exact) mass is 405 g/mol. The molecule has 2 bridgehead atoms. The molecule has 1 atom stereocenters. The molecule has 1 aliphatic heterocycles. The molecule has 1 aliphatic rings. The number of pyridine rings is 1. The Labute approximate surface area is 172 Å². The van der Waals surface area contributed by atoms with Gasteiger partial charge in [-0.05, 0) is 43.7 Å². The molecule has 7 nitrogen and oxygen atoms in total. The van der Waals surface area contributed by atoms with E-state index in [1.165, 1.54) is 12.1 Å². The van der Waals surface area contributed by atoms with E-state index in [1.54, 1.807) is 18.5 Å². The predicted molar refractivity (Wildman–Crippen MR) is 109 cm³/mol. The van der Waals surface area contributed by atoms with Crippen molar-refractivity contribution in [3.63, 3.8) is 0 Å². The zero-order valence-electron chi connectivity index (χ0n) is 16.6. The molecule has 1 aromatic carbocycles. The zero-order chi connectivity index (χ0) is 20.8. The molecular formula is C22H20FN5O2. The first-order valence-electron chi connectivity index (χ1n) is 9.76. The van der Waals surface area contributed by atoms with Crippen LogP contribution in [0.5, 0.6) is 5.75 Å². The van der Waals surface area contributed by atoms with Gasteiger partial charge in [0.05, 0.1) is 17.0 Å². The summed E-state index contributed by atoms with van der Waals surface area (Å²) in [6, 6.07) is 8.37. The summed E-state index contributed by atoms with van der Waals surface area (Å²) in [5, 5.41) is 8.71. The Kier molecular flexibility index (Phi) is 4.27. The van der Waals surface area contributed by atoms with Gasteiger partial charge < -0.3 is 15.0 Å². The number of nitrogen functional groups attached to an aromatic ring is 1. The predicted octanol–water partition coefficient (Wildman–Crippen LogP) is 4.39. The average molecular weight is 405 g/mol. The standard InChI is InChI=1S/C22H20FN5O2/c1-3-17-21-13-8-19(22(24)25-10-13)29-12(2)16-9-14(23)4-5-15(16)18-6-7-26-28(18)11-20(21)30-27-17/h4-10,12H,3,11H2,1-2H3,(H2,24,25)/t12-/m1/s1. The van der Waals surface area contributed by atoms with E-state index in [1.807, 2.05) is 30.7 Å². The molecule has 0 unspecified atom stereocenters. The largest absolute Gasteiger partial charge is 0.482 e. The van der Waals surface area contributed by atoms with Gasteiger partial charge in [-0.25, -0.2) is 9.37 Å². The molecule has 0 saturated carbocycles. The Hall–Kier alpha value is -3.68. The Morgan fingerprint density at radius 3 is 2.97 bits per heavy atom. The topological polar surface area (TPSA) is 92.0 Å². The lowest BCUT2D eigenvalue weighted by Gasteiger charge is -2.21. The summed E-state index contributed by atoms with van der Waals surface area (Å²) in [7, 11) is 0. The van der Waals surface area contributed by atoms with E-state index in [0.29, 0.717) is 30.0 Å². The van der Waals surface area contributed by atoms with Gasteiger partial charge in [-0.1, -0.05) is 12.1 Å². The van der Waals surface area contributed by atoms with E-state index in [0.717, 1.165) is 28.1 Å². The van der Waals surface area contributed by atoms with Crippen LogP contribution in [0.1, 0.15) is 37.0 Å². The van der Waals surface area contributed by atoms with Crippen molar-refractivity contribution in [2.75, 3.05) is 5.73 Å². The molecule has 0 aliphatic carbocycles. The van der Waals surface area contributed by atoms with Gasteiger partial charge in [0.2, 0.25) is 0 Å². The van der Waals surface area contributed by atoms with Crippen molar-refractivity contribution in [3.8, 4) is 28.1 Å². The molecule has 0 spiro atoms. The summed E-state index contributed by atoms with van der Waals surface area (Å²) in [5.74, 6) is 1.01. The van der Waals surface area contributed by atoms with E-state index < -0.39 is 6.10 Å². The van der Waals surface area contributed by atoms with E-state index in [9.17, 15) is 4.39 Å². The van der Waals surface area contributed by atoms with Gasteiger partial charge in [-0.3, -0.25) is 4.68 Å². The smallest absolute Gasteiger partial charge is 0.166 e. The molecule has 2 N–H and O–H groups in total. The van der Waals surface area contributed by atoms with Crippen molar-refractivity contribution in [3.05, 3.63) is 65.6 Å². The number of nitrogens with two attached hydrogens (primary N) is 1. The quantitative estimate of drug-likeness (QED) is 0.505. The third kappa shape index (κ3) is 2.92. The van der Waals surface area contributed by atoms with Crippen LogP contribution < -0.4 is 10.5 Å². The third-order valence-electron chi connectivity index (χ3n) is 5.38. The summed E-state index contributed by atoms with van der Waals surface area (Å²) in [4.78, 5) is 4.31. The SMILES string of the molecule is CCc1noc2c1-c1cnc(N)c(c1)O[C@H](C)c1cc(F)ccc1-c1ccnn1C2. The Morgan fingerprint density at radius 2 is 2.13 bits per heavy atom. The van der Waals surface area contributed by atoms with Gasteiger partial charge >= 0.3 is 0 Å². The highest BCUT2D eigenvalue weighted by Crippen LogP contribution is 2.38. The van der Waals surface area contributed by atoms with Gasteiger partial charge in [0, 0.05) is 29.1 Å². The molecule has 8 heteroatoms. The number of ether oxygens (including phenoxy) is 1. The fourth-order valence-corrected chi connectivity index (χ4v) is 3.91. The van der Waals surface area contributed by atoms with Crippen LogP contribution in [0.3, 0.4) is 0 Å². The van der Waals surface area contributed by atoms with Gasteiger partial charge in [0.25, 0.3) is 0 Å². The van der Waals surface area contributed by atoms with Crippen molar-refractivity contribution in [1.29, 1.82) is 0 Å². The second-order valence-corrected chi connectivity index (χ2v) is 7.25. The molecule has 0 saturated heterocycles. The molecule has 4 aromatic rings. The van der Waals surface area contributed by atoms with Crippen LogP contribution in [0, 0.1) is 5.82 Å². The van der Waals surface area contributed by atoms with Gasteiger partial charge in [-0.15, -0.1) is 0 Å². The van der Waals surface area contributed by atoms with E-state index in [-0.39, 0.29) is 11.6 Å². The van der Waals surface area contributed by atoms with Crippen LogP contribution >= 0.6 is 0 Å². The van der Waals surface area contributed by atoms with E-state index >= 15 is 0 Å². The summed E-state index contributed by atoms with van der Waals surface area (Å²) in [6.07, 6.45) is 3.63. The van der Waals surface area contributed by atoms with Crippen LogP contribution in [0.4, 0.5) is 10.2 Å². The molecule has 0 fully saturated rings. The molecular weight excluding hydrogens is 385 g/mol. The lowest BCUT2D eigenvalue weighted by Crippen LogP contribution is -2.11. The maximum atomic E-state index is 14.1. The number of halogens is 1. The van der Waals surface area contributed by atoms with Crippen LogP contribution in [0.25, 0.3) is 22.4 Å². The van der Waals surface area contributed by atoms with Gasteiger partial charge in [-0.2, -0.15) is 5.10 Å². The van der Waals surface area contributed by atoms with E-state index in [2.05, 4.69) is 15.2 Å². The summed E-state index contributed by atoms with van der Waals surface area (Å²) >= 11 is 0. The summed E-state index contributed by atoms with van der Waals surface area (Å²) in [5.41, 5.74) is 10.9. The maximum absolute atomic E-state index is 14.1. The number of aromatic nitrogens is 4. The second kappa shape index (κ2) is 6.98. The van der Waals surface area contributed by atoms with Crippen molar-refractivity contribution in [2.45, 2.75) is 32.9 Å². The Morgan fingerprint density at radius 1 is 1.27 bits per heavy atom. The zero-order valence-corrected chi connectivity index (χ0v) is 16.6. The molecule has 30 heavy (non-hydrogen) atoms. The minimum atomic E-state index is -0.467. The van der Waals surface area contributed by atoms with Crippen LogP contribution in [-0.2, 0) is 13.0 Å². The normalized spacial score (nSPS) is 15.2. The van der Waals surface area contributed by atoms with Crippen molar-refractivity contribution >= 4 is 5.82 Å². The number of aryl methyl sites for hydroxylation is 1. The maximum Gasteiger partial charge on any atom is 0.166 e. The number of hydrogen-bond acceptors (Lipinski definition) is 6. The van der Waals surface area contributed by atoms with Crippen molar-refractivity contribution in [1.82, 2.24) is 19.9 Å². The number of anilines is 1. The number of hydrogen-bond donors (Lipinski definition) is 1. The van der Waals surface area contributed by atoms with Crippen LogP contribution in [-0.4, -0.2) is 19.9 Å². The molecule has 4 heterocycles. The molecule has 152 valence electrons. The highest BCUT2D eigenvalue weighted by Gasteiger charge is 2.24. The van der Waals surface area contributed by atoms with E-state index in [4.69, 9.17) is 15.0 Å². The highest BCUT2D eigenvalue weighted by molar-refractivity contribution is 5.71. The number of nitrogens with zero attached hydrogens (tertiary/aromatic N) is 4. The van der Waals surface area contributed by atoms with Crippen LogP contribution in [0.15, 0.2) is 47.2 Å². The minimum Gasteiger partial charge on any atom is -0.482 e. The minimum absolute atomic E-state index is 0.265. The summed E-state index contributed by atoms with van der Waals surface area (Å²) < 4.78 is 27.8. The van der Waals surface area contributed by atoms with Crippen molar-refractivity contribution in [2.24, 2.45) is 0 Å². The highest BCUT2D eigenvalue weighted by atomic mass is 19.1. The molecule has 0 radical (unpaired) electrons. The van der Waals surface area contributed by atoms with Crippen LogP contribution in [0.2, 0.25) is 0 Å². The fraction of sp³-hybridized carbons (Fsp3) is 0.227. The number of rotatable bonds is 1. The second-order valence-electron chi connectivity index (χ2n) is 7.25. The fourth-order valence-electron chi connectivity index (χ4n) is 3.91. The van der Waals surface area contributed by atoms with Gasteiger partial charge in [0.1, 0.15) is 18.5 Å². The number of benzene rings is 1. The first kappa shape index (κ1) is 18.4. The molecule has 0 amide bonds. The molecule has 3 aromatic heterocycles. The lowest BCUT2D eigenvalue weighted by molar-refractivity contribution is 0.227. The Bertz CT molecular complexity index is 1250. The first-order valence-corrected chi connectivity index (χ1v) is 9.76. The Balaban J connectivity index is 1.79. The summed E-state index contributed by atoms with van der Waals surface area (Å²) in [6.45, 7) is 4.25. The lowest BCUT2D eigenvalue weighted by atomic mass is 9.99. The van der Waals surface area contributed by atoms with Crippen molar-refractivity contribution < 1.29 is 13.7 Å². The third-order valence-corrected chi connectivity index (χ3v) is 5.38. The first-order chi connectivity index (χ1) is 14.5. The average Bonchev–Trinajstić information content (AvgIpc) is 3.36.